The van der Waals surface area contributed by atoms with Crippen LogP contribution in [-0.2, 0) is 6.42 Å². The summed E-state index contributed by atoms with van der Waals surface area (Å²) < 4.78 is 69.8. The molecule has 0 aliphatic heterocycles. The number of fused-ring (bicyclic) bond motifs is 3. The van der Waals surface area contributed by atoms with Crippen LogP contribution in [0.2, 0.25) is 0 Å². The molecule has 2 aromatic rings. The van der Waals surface area contributed by atoms with Gasteiger partial charge in [-0.05, 0) is 91.2 Å². The minimum Gasteiger partial charge on any atom is -0.406 e. The van der Waals surface area contributed by atoms with E-state index in [1.54, 1.807) is 12.1 Å². The molecule has 0 bridgehead atoms. The van der Waals surface area contributed by atoms with Gasteiger partial charge < -0.3 is 4.74 Å². The zero-order valence-corrected chi connectivity index (χ0v) is 16.6. The highest BCUT2D eigenvalue weighted by molar-refractivity contribution is 5.39. The van der Waals surface area contributed by atoms with Crippen LogP contribution in [0.1, 0.15) is 54.7 Å². The molecule has 0 unspecified atom stereocenters. The second-order valence-electron chi connectivity index (χ2n) is 8.17. The first kappa shape index (κ1) is 20.9. The fourth-order valence-electron chi connectivity index (χ4n) is 5.48. The summed E-state index contributed by atoms with van der Waals surface area (Å²) in [5.41, 5.74) is 2.29. The lowest BCUT2D eigenvalue weighted by Crippen LogP contribution is -2.35. The first-order chi connectivity index (χ1) is 14.3. The molecule has 0 amide bonds. The molecule has 0 radical (unpaired) electrons. The molecule has 0 heterocycles. The van der Waals surface area contributed by atoms with Gasteiger partial charge in [-0.1, -0.05) is 24.3 Å². The molecular weight excluding hydrogens is 399 g/mol. The van der Waals surface area contributed by atoms with Gasteiger partial charge in [0.05, 0.1) is 0 Å². The molecule has 0 spiro atoms. The van der Waals surface area contributed by atoms with Crippen LogP contribution in [-0.4, -0.2) is 6.36 Å². The van der Waals surface area contributed by atoms with Gasteiger partial charge in [0.1, 0.15) is 17.4 Å². The lowest BCUT2D eigenvalue weighted by atomic mass is 9.58. The maximum Gasteiger partial charge on any atom is 0.573 e. The highest BCUT2D eigenvalue weighted by Crippen LogP contribution is 2.54. The zero-order valence-electron chi connectivity index (χ0n) is 16.6. The number of rotatable bonds is 3. The number of allylic oxidation sites excluding steroid dienone is 2. The van der Waals surface area contributed by atoms with Crippen molar-refractivity contribution in [2.75, 3.05) is 0 Å². The molecule has 0 saturated heterocycles. The van der Waals surface area contributed by atoms with E-state index in [0.29, 0.717) is 12.0 Å². The Balaban J connectivity index is 1.69. The van der Waals surface area contributed by atoms with Crippen LogP contribution in [0.15, 0.2) is 48.6 Å². The first-order valence-electron chi connectivity index (χ1n) is 10.2. The van der Waals surface area contributed by atoms with Crippen LogP contribution in [0.4, 0.5) is 22.0 Å². The van der Waals surface area contributed by atoms with Crippen molar-refractivity contribution in [2.45, 2.75) is 50.8 Å². The second-order valence-corrected chi connectivity index (χ2v) is 8.17. The summed E-state index contributed by atoms with van der Waals surface area (Å²) in [5, 5.41) is 0. The Bertz CT molecular complexity index is 932. The topological polar surface area (TPSA) is 9.23 Å². The van der Waals surface area contributed by atoms with Crippen LogP contribution in [0.25, 0.3) is 0 Å². The molecule has 0 N–H and O–H groups in total. The minimum atomic E-state index is -4.73. The largest absolute Gasteiger partial charge is 0.573 e. The Morgan fingerprint density at radius 3 is 2.40 bits per heavy atom. The van der Waals surface area contributed by atoms with E-state index in [-0.39, 0.29) is 29.4 Å². The molecule has 2 aliphatic carbocycles. The molecular formula is C24H23F5O. The summed E-state index contributed by atoms with van der Waals surface area (Å²) in [7, 11) is 0. The van der Waals surface area contributed by atoms with Crippen molar-refractivity contribution in [3.05, 3.63) is 76.9 Å². The van der Waals surface area contributed by atoms with Crippen LogP contribution in [0.5, 0.6) is 5.75 Å². The van der Waals surface area contributed by atoms with Crippen molar-refractivity contribution in [3.63, 3.8) is 0 Å². The van der Waals surface area contributed by atoms with Crippen molar-refractivity contribution in [3.8, 4) is 5.75 Å². The summed E-state index contributed by atoms with van der Waals surface area (Å²) in [5.74, 6) is -0.791. The van der Waals surface area contributed by atoms with Gasteiger partial charge in [0.2, 0.25) is 0 Å². The Morgan fingerprint density at radius 2 is 1.73 bits per heavy atom. The third-order valence-corrected chi connectivity index (χ3v) is 6.51. The summed E-state index contributed by atoms with van der Waals surface area (Å²) in [6, 6.07) is 8.47. The molecule has 4 rings (SSSR count). The van der Waals surface area contributed by atoms with E-state index in [2.05, 4.69) is 10.8 Å². The summed E-state index contributed by atoms with van der Waals surface area (Å²) in [6.07, 6.45) is 2.40. The third kappa shape index (κ3) is 4.09. The molecule has 1 fully saturated rings. The molecule has 160 valence electrons. The Labute approximate surface area is 172 Å². The van der Waals surface area contributed by atoms with Crippen LogP contribution >= 0.6 is 0 Å². The molecule has 1 saturated carbocycles. The molecule has 1 nitrogen and oxygen atoms in total. The summed E-state index contributed by atoms with van der Waals surface area (Å²) >= 11 is 0. The van der Waals surface area contributed by atoms with Crippen molar-refractivity contribution in [1.29, 1.82) is 0 Å². The Hall–Kier alpha value is -2.37. The summed E-state index contributed by atoms with van der Waals surface area (Å²) in [6.45, 7) is 1.95. The van der Waals surface area contributed by atoms with Gasteiger partial charge >= 0.3 is 6.36 Å². The first-order valence-corrected chi connectivity index (χ1v) is 10.2. The molecule has 2 aliphatic rings. The van der Waals surface area contributed by atoms with Crippen molar-refractivity contribution in [1.82, 2.24) is 0 Å². The molecule has 0 aromatic heterocycles. The Morgan fingerprint density at radius 1 is 1.00 bits per heavy atom. The predicted molar refractivity (Wildman–Crippen MR) is 104 cm³/mol. The van der Waals surface area contributed by atoms with E-state index in [1.807, 2.05) is 13.0 Å². The maximum atomic E-state index is 14.3. The predicted octanol–water partition coefficient (Wildman–Crippen LogP) is 7.28. The number of halogens is 5. The quantitative estimate of drug-likeness (QED) is 0.373. The molecule has 6 heteroatoms. The second kappa shape index (κ2) is 8.05. The monoisotopic (exact) mass is 422 g/mol. The molecule has 2 aromatic carbocycles. The average molecular weight is 422 g/mol. The smallest absolute Gasteiger partial charge is 0.406 e. The van der Waals surface area contributed by atoms with Gasteiger partial charge in [-0.25, -0.2) is 8.78 Å². The van der Waals surface area contributed by atoms with E-state index in [1.165, 1.54) is 18.2 Å². The van der Waals surface area contributed by atoms with Crippen molar-refractivity contribution >= 4 is 0 Å². The fourth-order valence-corrected chi connectivity index (χ4v) is 5.48. The van der Waals surface area contributed by atoms with Gasteiger partial charge in [0.25, 0.3) is 0 Å². The highest BCUT2D eigenvalue weighted by Gasteiger charge is 2.43. The number of hydrogen-bond donors (Lipinski definition) is 0. The standard InChI is InChI=1S/C24H23F5O/c1-2-3-14-6-9-18-20(11-10-19-21(18)12-16(25)13-22(19)26)23(14)15-4-7-17(8-5-15)30-24(27,28)29/h2-5,7-8,12-14,18,20,23H,6,9-11H2,1H3/b3-2+/t14-,18-,20+,23-/m1/s1. The zero-order chi connectivity index (χ0) is 21.5. The molecule has 4 atom stereocenters. The lowest BCUT2D eigenvalue weighted by Gasteiger charge is -2.46. The van der Waals surface area contributed by atoms with Gasteiger partial charge in [-0.15, -0.1) is 13.2 Å². The van der Waals surface area contributed by atoms with E-state index in [4.69, 9.17) is 0 Å². The number of alkyl halides is 3. The van der Waals surface area contributed by atoms with Crippen LogP contribution in [0, 0.1) is 23.5 Å². The van der Waals surface area contributed by atoms with Crippen LogP contribution in [0.3, 0.4) is 0 Å². The Kier molecular flexibility index (Phi) is 5.60. The van der Waals surface area contributed by atoms with Gasteiger partial charge in [0, 0.05) is 6.07 Å². The molecule has 30 heavy (non-hydrogen) atoms. The van der Waals surface area contributed by atoms with Gasteiger partial charge in [-0.3, -0.25) is 0 Å². The number of hydrogen-bond acceptors (Lipinski definition) is 1. The van der Waals surface area contributed by atoms with Crippen LogP contribution < -0.4 is 4.74 Å². The fraction of sp³-hybridized carbons (Fsp3) is 0.417. The van der Waals surface area contributed by atoms with E-state index in [0.717, 1.165) is 36.5 Å². The minimum absolute atomic E-state index is 0.0385. The van der Waals surface area contributed by atoms with Crippen molar-refractivity contribution in [2.24, 2.45) is 11.8 Å². The van der Waals surface area contributed by atoms with Gasteiger partial charge in [0.15, 0.2) is 0 Å². The number of benzene rings is 2. The third-order valence-electron chi connectivity index (χ3n) is 6.51. The average Bonchev–Trinajstić information content (AvgIpc) is 2.67. The normalized spacial score (nSPS) is 26.3. The highest BCUT2D eigenvalue weighted by atomic mass is 19.4. The maximum absolute atomic E-state index is 14.3. The van der Waals surface area contributed by atoms with E-state index in [9.17, 15) is 22.0 Å². The lowest BCUT2D eigenvalue weighted by molar-refractivity contribution is -0.274. The van der Waals surface area contributed by atoms with E-state index >= 15 is 0 Å². The SMILES string of the molecule is C/C=C/[C@@H]1CC[C@H]2c3cc(F)cc(F)c3CC[C@@H]2[C@H]1c1ccc(OC(F)(F)F)cc1. The van der Waals surface area contributed by atoms with E-state index < -0.39 is 18.0 Å². The van der Waals surface area contributed by atoms with Crippen molar-refractivity contribution < 1.29 is 26.7 Å². The summed E-state index contributed by atoms with van der Waals surface area (Å²) in [4.78, 5) is 0. The number of ether oxygens (including phenoxy) is 1. The van der Waals surface area contributed by atoms with Gasteiger partial charge in [-0.2, -0.15) is 0 Å².